The monoisotopic (exact) mass is 374 g/mol. The largest absolute Gasteiger partial charge is 0.464 e. The Kier molecular flexibility index (Phi) is 3.60. The van der Waals surface area contributed by atoms with Gasteiger partial charge in [-0.2, -0.15) is 5.10 Å². The average Bonchev–Trinajstić information content (AvgIpc) is 3.40. The third-order valence-electron chi connectivity index (χ3n) is 5.49. The van der Waals surface area contributed by atoms with Crippen molar-refractivity contribution in [2.24, 2.45) is 5.92 Å². The van der Waals surface area contributed by atoms with Crippen molar-refractivity contribution in [3.8, 4) is 5.82 Å². The van der Waals surface area contributed by atoms with E-state index in [9.17, 15) is 4.79 Å². The van der Waals surface area contributed by atoms with E-state index in [0.29, 0.717) is 23.3 Å². The first-order chi connectivity index (χ1) is 12.3. The Hall–Kier alpha value is -1.54. The van der Waals surface area contributed by atoms with Crippen LogP contribution >= 0.6 is 23.5 Å². The summed E-state index contributed by atoms with van der Waals surface area (Å²) < 4.78 is 6.86. The number of hydrogen-bond donors (Lipinski definition) is 0. The van der Waals surface area contributed by atoms with Gasteiger partial charge in [0.15, 0.2) is 11.5 Å². The van der Waals surface area contributed by atoms with Gasteiger partial charge in [-0.15, -0.1) is 23.5 Å². The molecule has 3 heterocycles. The molecule has 2 aromatic heterocycles. The first-order valence-corrected chi connectivity index (χ1v) is 10.5. The number of aromatic nitrogens is 4. The second-order valence-electron chi connectivity index (χ2n) is 6.58. The summed E-state index contributed by atoms with van der Waals surface area (Å²) in [5.74, 6) is 3.54. The quantitative estimate of drug-likeness (QED) is 0.749. The Morgan fingerprint density at radius 1 is 1.32 bits per heavy atom. The van der Waals surface area contributed by atoms with Gasteiger partial charge >= 0.3 is 5.97 Å². The van der Waals surface area contributed by atoms with Gasteiger partial charge in [0.25, 0.3) is 0 Å². The molecule has 1 aliphatic heterocycles. The Bertz CT molecular complexity index is 833. The molecule has 0 amide bonds. The Labute approximate surface area is 154 Å². The smallest absolute Gasteiger partial charge is 0.358 e. The van der Waals surface area contributed by atoms with E-state index < -0.39 is 0 Å². The number of carbonyl (C=O) groups is 1. The van der Waals surface area contributed by atoms with E-state index >= 15 is 0 Å². The van der Waals surface area contributed by atoms with E-state index in [2.05, 4.69) is 15.1 Å². The summed E-state index contributed by atoms with van der Waals surface area (Å²) in [5, 5.41) is 4.67. The van der Waals surface area contributed by atoms with Gasteiger partial charge in [-0.05, 0) is 18.8 Å². The number of carbonyl (C=O) groups excluding carboxylic acids is 1. The molecule has 8 heteroatoms. The lowest BCUT2D eigenvalue weighted by atomic mass is 9.98. The van der Waals surface area contributed by atoms with Gasteiger partial charge in [0.1, 0.15) is 0 Å². The lowest BCUT2D eigenvalue weighted by Crippen LogP contribution is -2.24. The highest BCUT2D eigenvalue weighted by Gasteiger charge is 2.60. The molecule has 1 saturated carbocycles. The predicted octanol–water partition coefficient (Wildman–Crippen LogP) is 2.98. The highest BCUT2D eigenvalue weighted by atomic mass is 32.2. The van der Waals surface area contributed by atoms with Crippen molar-refractivity contribution < 1.29 is 9.53 Å². The van der Waals surface area contributed by atoms with Crippen molar-refractivity contribution in [2.45, 2.75) is 29.3 Å². The molecule has 3 aliphatic rings. The molecule has 0 aromatic carbocycles. The van der Waals surface area contributed by atoms with Gasteiger partial charge in [0, 0.05) is 35.4 Å². The van der Waals surface area contributed by atoms with Crippen molar-refractivity contribution in [1.29, 1.82) is 0 Å². The molecule has 6 nitrogen and oxygen atoms in total. The van der Waals surface area contributed by atoms with Crippen molar-refractivity contribution in [1.82, 2.24) is 19.7 Å². The van der Waals surface area contributed by atoms with Crippen molar-refractivity contribution in [3.63, 3.8) is 0 Å². The van der Waals surface area contributed by atoms with Crippen LogP contribution in [-0.2, 0) is 8.82 Å². The number of thioether (sulfide) groups is 2. The van der Waals surface area contributed by atoms with E-state index in [1.54, 1.807) is 18.6 Å². The van der Waals surface area contributed by atoms with Crippen LogP contribution in [0.3, 0.4) is 0 Å². The van der Waals surface area contributed by atoms with Crippen LogP contribution in [0.5, 0.6) is 0 Å². The average molecular weight is 374 g/mol. The number of nitrogens with zero attached hydrogens (tertiary/aromatic N) is 4. The molecule has 0 radical (unpaired) electrons. The lowest BCUT2D eigenvalue weighted by Gasteiger charge is -2.30. The highest BCUT2D eigenvalue weighted by Crippen LogP contribution is 2.70. The minimum absolute atomic E-state index is 0.0551. The zero-order chi connectivity index (χ0) is 17.0. The highest BCUT2D eigenvalue weighted by molar-refractivity contribution is 8.20. The maximum Gasteiger partial charge on any atom is 0.358 e. The Morgan fingerprint density at radius 3 is 2.88 bits per heavy atom. The van der Waals surface area contributed by atoms with Crippen LogP contribution in [0.1, 0.15) is 46.9 Å². The van der Waals surface area contributed by atoms with E-state index in [1.807, 2.05) is 28.2 Å². The fraction of sp³-hybridized carbons (Fsp3) is 0.529. The topological polar surface area (TPSA) is 69.9 Å². The summed E-state index contributed by atoms with van der Waals surface area (Å²) in [6.07, 6.45) is 8.61. The molecule has 2 fully saturated rings. The third-order valence-corrected chi connectivity index (χ3v) is 9.14. The summed E-state index contributed by atoms with van der Waals surface area (Å²) in [6.45, 7) is 0. The summed E-state index contributed by atoms with van der Waals surface area (Å²) in [7, 11) is 1.42. The first kappa shape index (κ1) is 15.7. The second kappa shape index (κ2) is 5.74. The molecule has 130 valence electrons. The minimum atomic E-state index is -0.355. The zero-order valence-corrected chi connectivity index (χ0v) is 15.5. The molecule has 25 heavy (non-hydrogen) atoms. The van der Waals surface area contributed by atoms with Gasteiger partial charge in [-0.25, -0.2) is 14.5 Å². The third kappa shape index (κ3) is 2.07. The summed E-state index contributed by atoms with van der Waals surface area (Å²) >= 11 is 3.98. The van der Waals surface area contributed by atoms with E-state index in [-0.39, 0.29) is 10.0 Å². The van der Waals surface area contributed by atoms with Gasteiger partial charge in [-0.3, -0.25) is 4.98 Å². The molecule has 5 rings (SSSR count). The SMILES string of the molecule is COC(=O)c1nn(-c2cnccn2)c2c1C1(SCCS1)C1CCCC21. The van der Waals surface area contributed by atoms with Crippen LogP contribution in [0.4, 0.5) is 0 Å². The molecule has 0 N–H and O–H groups in total. The van der Waals surface area contributed by atoms with Crippen LogP contribution in [0.25, 0.3) is 5.82 Å². The van der Waals surface area contributed by atoms with E-state index in [4.69, 9.17) is 4.74 Å². The van der Waals surface area contributed by atoms with E-state index in [0.717, 1.165) is 29.2 Å². The number of fused-ring (bicyclic) bond motifs is 5. The van der Waals surface area contributed by atoms with Crippen LogP contribution in [0, 0.1) is 5.92 Å². The molecule has 1 spiro atoms. The Morgan fingerprint density at radius 2 is 2.16 bits per heavy atom. The van der Waals surface area contributed by atoms with E-state index in [1.165, 1.54) is 20.0 Å². The number of ether oxygens (including phenoxy) is 1. The molecule has 2 aliphatic carbocycles. The predicted molar refractivity (Wildman–Crippen MR) is 97.2 cm³/mol. The standard InChI is InChI=1S/C17H18N4O2S2/c1-23-16(22)14-13-15(21(20-14)12-9-18-5-6-19-12)10-3-2-4-11(10)17(13)24-7-8-25-17/h5-6,9-11H,2-4,7-8H2,1H3. The Balaban J connectivity index is 1.79. The summed E-state index contributed by atoms with van der Waals surface area (Å²) in [6, 6.07) is 0. The van der Waals surface area contributed by atoms with Crippen LogP contribution in [0.15, 0.2) is 18.6 Å². The number of esters is 1. The lowest BCUT2D eigenvalue weighted by molar-refractivity contribution is 0.0591. The van der Waals surface area contributed by atoms with Gasteiger partial charge in [0.05, 0.1) is 23.1 Å². The fourth-order valence-electron chi connectivity index (χ4n) is 4.65. The zero-order valence-electron chi connectivity index (χ0n) is 13.8. The number of hydrogen-bond acceptors (Lipinski definition) is 7. The molecule has 1 saturated heterocycles. The summed E-state index contributed by atoms with van der Waals surface area (Å²) in [4.78, 5) is 21.1. The molecule has 2 unspecified atom stereocenters. The number of rotatable bonds is 2. The molecular formula is C17H18N4O2S2. The number of methoxy groups -OCH3 is 1. The van der Waals surface area contributed by atoms with Crippen molar-refractivity contribution >= 4 is 29.5 Å². The van der Waals surface area contributed by atoms with Gasteiger partial charge < -0.3 is 4.74 Å². The minimum Gasteiger partial charge on any atom is -0.464 e. The van der Waals surface area contributed by atoms with Crippen molar-refractivity contribution in [3.05, 3.63) is 35.5 Å². The maximum absolute atomic E-state index is 12.5. The fourth-order valence-corrected chi connectivity index (χ4v) is 8.44. The second-order valence-corrected chi connectivity index (χ2v) is 9.52. The van der Waals surface area contributed by atoms with Crippen molar-refractivity contribution in [2.75, 3.05) is 18.6 Å². The van der Waals surface area contributed by atoms with Crippen LogP contribution < -0.4 is 0 Å². The molecule has 2 aromatic rings. The summed E-state index contributed by atoms with van der Waals surface area (Å²) in [5.41, 5.74) is 2.71. The van der Waals surface area contributed by atoms with Gasteiger partial charge in [-0.1, -0.05) is 6.42 Å². The normalized spacial score (nSPS) is 26.0. The first-order valence-electron chi connectivity index (χ1n) is 8.52. The molecule has 2 atom stereocenters. The van der Waals surface area contributed by atoms with Crippen LogP contribution in [0.2, 0.25) is 0 Å². The van der Waals surface area contributed by atoms with Crippen LogP contribution in [-0.4, -0.2) is 44.3 Å². The maximum atomic E-state index is 12.5. The molecule has 0 bridgehead atoms. The van der Waals surface area contributed by atoms with Gasteiger partial charge in [0.2, 0.25) is 0 Å². The molecular weight excluding hydrogens is 356 g/mol.